The SMILES string of the molecule is O=C=Nc1ccccc1OCC(N=C=O)Oc1ccccc1. The molecule has 6 heteroatoms. The number of para-hydroxylation sites is 3. The van der Waals surface area contributed by atoms with Crippen LogP contribution < -0.4 is 9.47 Å². The lowest BCUT2D eigenvalue weighted by molar-refractivity contribution is 0.136. The van der Waals surface area contributed by atoms with Crippen molar-refractivity contribution in [3.05, 3.63) is 54.6 Å². The van der Waals surface area contributed by atoms with Gasteiger partial charge in [0.2, 0.25) is 18.4 Å². The number of ether oxygens (including phenoxy) is 2. The topological polar surface area (TPSA) is 77.3 Å². The van der Waals surface area contributed by atoms with Gasteiger partial charge in [-0.25, -0.2) is 9.59 Å². The van der Waals surface area contributed by atoms with Crippen molar-refractivity contribution in [1.82, 2.24) is 0 Å². The minimum absolute atomic E-state index is 0.0322. The summed E-state index contributed by atoms with van der Waals surface area (Å²) in [5, 5.41) is 0. The molecule has 2 rings (SSSR count). The zero-order valence-electron chi connectivity index (χ0n) is 11.5. The number of hydrogen-bond donors (Lipinski definition) is 0. The van der Waals surface area contributed by atoms with E-state index in [9.17, 15) is 9.59 Å². The fourth-order valence-electron chi connectivity index (χ4n) is 1.69. The molecule has 0 amide bonds. The number of carbonyl (C=O) groups excluding carboxylic acids is 2. The van der Waals surface area contributed by atoms with Crippen molar-refractivity contribution in [3.8, 4) is 11.5 Å². The molecule has 22 heavy (non-hydrogen) atoms. The monoisotopic (exact) mass is 296 g/mol. The van der Waals surface area contributed by atoms with Gasteiger partial charge in [0.1, 0.15) is 23.8 Å². The van der Waals surface area contributed by atoms with Gasteiger partial charge in [-0.1, -0.05) is 30.3 Å². The van der Waals surface area contributed by atoms with Gasteiger partial charge in [0.25, 0.3) is 0 Å². The first-order valence-electron chi connectivity index (χ1n) is 6.42. The minimum Gasteiger partial charge on any atom is -0.485 e. The van der Waals surface area contributed by atoms with Gasteiger partial charge in [0.15, 0.2) is 0 Å². The summed E-state index contributed by atoms with van der Waals surface area (Å²) in [6.45, 7) is -0.0322. The second kappa shape index (κ2) is 8.17. The predicted octanol–water partition coefficient (Wildman–Crippen LogP) is 2.77. The number of benzene rings is 2. The quantitative estimate of drug-likeness (QED) is 0.581. The van der Waals surface area contributed by atoms with Gasteiger partial charge in [-0.2, -0.15) is 9.98 Å². The first-order chi connectivity index (χ1) is 10.8. The van der Waals surface area contributed by atoms with Gasteiger partial charge in [-0.15, -0.1) is 0 Å². The third-order valence-electron chi connectivity index (χ3n) is 2.62. The van der Waals surface area contributed by atoms with Crippen molar-refractivity contribution in [2.45, 2.75) is 6.23 Å². The van der Waals surface area contributed by atoms with Crippen LogP contribution in [0.2, 0.25) is 0 Å². The van der Waals surface area contributed by atoms with E-state index in [4.69, 9.17) is 9.47 Å². The lowest BCUT2D eigenvalue weighted by Gasteiger charge is -2.15. The van der Waals surface area contributed by atoms with Crippen molar-refractivity contribution >= 4 is 17.8 Å². The van der Waals surface area contributed by atoms with Crippen molar-refractivity contribution in [2.24, 2.45) is 9.98 Å². The Balaban J connectivity index is 2.06. The number of isocyanates is 2. The Bertz CT molecular complexity index is 705. The Morgan fingerprint density at radius 1 is 0.955 bits per heavy atom. The van der Waals surface area contributed by atoms with Crippen molar-refractivity contribution in [2.75, 3.05) is 6.61 Å². The van der Waals surface area contributed by atoms with Gasteiger partial charge in [-0.05, 0) is 24.3 Å². The Hall–Kier alpha value is -3.20. The molecule has 0 bridgehead atoms. The van der Waals surface area contributed by atoms with E-state index in [-0.39, 0.29) is 6.61 Å². The summed E-state index contributed by atoms with van der Waals surface area (Å²) in [7, 11) is 0. The number of aliphatic imine (C=N–C) groups is 2. The van der Waals surface area contributed by atoms with Gasteiger partial charge in [0.05, 0.1) is 0 Å². The molecule has 0 saturated heterocycles. The molecule has 2 aromatic carbocycles. The molecule has 0 N–H and O–H groups in total. The van der Waals surface area contributed by atoms with Crippen LogP contribution in [-0.4, -0.2) is 25.0 Å². The van der Waals surface area contributed by atoms with Gasteiger partial charge in [0, 0.05) is 0 Å². The van der Waals surface area contributed by atoms with Crippen molar-refractivity contribution in [1.29, 1.82) is 0 Å². The molecule has 2 aromatic rings. The van der Waals surface area contributed by atoms with Gasteiger partial charge < -0.3 is 9.47 Å². The van der Waals surface area contributed by atoms with Crippen molar-refractivity contribution in [3.63, 3.8) is 0 Å². The highest BCUT2D eigenvalue weighted by Gasteiger charge is 2.11. The Kier molecular flexibility index (Phi) is 5.64. The van der Waals surface area contributed by atoms with E-state index in [1.54, 1.807) is 48.5 Å². The molecule has 0 aromatic heterocycles. The highest BCUT2D eigenvalue weighted by Crippen LogP contribution is 2.26. The Morgan fingerprint density at radius 2 is 1.68 bits per heavy atom. The summed E-state index contributed by atoms with van der Waals surface area (Å²) in [6, 6.07) is 15.6. The van der Waals surface area contributed by atoms with Crippen LogP contribution in [0, 0.1) is 0 Å². The maximum atomic E-state index is 10.5. The predicted molar refractivity (Wildman–Crippen MR) is 78.7 cm³/mol. The number of rotatable bonds is 7. The van der Waals surface area contributed by atoms with Crippen LogP contribution in [0.15, 0.2) is 64.6 Å². The smallest absolute Gasteiger partial charge is 0.240 e. The molecule has 0 saturated carbocycles. The summed E-state index contributed by atoms with van der Waals surface area (Å²) < 4.78 is 11.0. The van der Waals surface area contributed by atoms with E-state index in [0.717, 1.165) is 0 Å². The average Bonchev–Trinajstić information content (AvgIpc) is 2.55. The summed E-state index contributed by atoms with van der Waals surface area (Å²) in [5.74, 6) is 0.919. The summed E-state index contributed by atoms with van der Waals surface area (Å²) in [5.41, 5.74) is 0.339. The molecule has 0 fully saturated rings. The first kappa shape index (κ1) is 15.2. The van der Waals surface area contributed by atoms with E-state index < -0.39 is 6.23 Å². The maximum absolute atomic E-state index is 10.5. The van der Waals surface area contributed by atoms with E-state index in [0.29, 0.717) is 17.2 Å². The van der Waals surface area contributed by atoms with Crippen molar-refractivity contribution < 1.29 is 19.1 Å². The Morgan fingerprint density at radius 3 is 2.41 bits per heavy atom. The van der Waals surface area contributed by atoms with E-state index in [1.165, 1.54) is 12.2 Å². The second-order valence-electron chi connectivity index (χ2n) is 4.09. The molecular weight excluding hydrogens is 284 g/mol. The molecule has 0 radical (unpaired) electrons. The largest absolute Gasteiger partial charge is 0.485 e. The summed E-state index contributed by atoms with van der Waals surface area (Å²) in [4.78, 5) is 27.9. The zero-order valence-corrected chi connectivity index (χ0v) is 11.5. The lowest BCUT2D eigenvalue weighted by Crippen LogP contribution is -2.22. The fraction of sp³-hybridized carbons (Fsp3) is 0.125. The summed E-state index contributed by atoms with van der Waals surface area (Å²) in [6.07, 6.45) is 2.05. The molecule has 0 heterocycles. The van der Waals surface area contributed by atoms with Crippen LogP contribution in [0.5, 0.6) is 11.5 Å². The molecule has 0 aliphatic heterocycles. The highest BCUT2D eigenvalue weighted by atomic mass is 16.5. The van der Waals surface area contributed by atoms with E-state index in [1.807, 2.05) is 6.07 Å². The average molecular weight is 296 g/mol. The molecule has 110 valence electrons. The lowest BCUT2D eigenvalue weighted by atomic mass is 10.3. The van der Waals surface area contributed by atoms with Crippen LogP contribution in [0.25, 0.3) is 0 Å². The van der Waals surface area contributed by atoms with Gasteiger partial charge >= 0.3 is 0 Å². The zero-order chi connectivity index (χ0) is 15.6. The van der Waals surface area contributed by atoms with Crippen LogP contribution in [0.4, 0.5) is 5.69 Å². The van der Waals surface area contributed by atoms with Crippen LogP contribution in [0.3, 0.4) is 0 Å². The third-order valence-corrected chi connectivity index (χ3v) is 2.62. The van der Waals surface area contributed by atoms with Crippen LogP contribution in [0.1, 0.15) is 0 Å². The molecule has 0 aliphatic rings. The molecule has 0 spiro atoms. The fourth-order valence-corrected chi connectivity index (χ4v) is 1.69. The van der Waals surface area contributed by atoms with Crippen LogP contribution in [-0.2, 0) is 9.59 Å². The third kappa shape index (κ3) is 4.42. The molecule has 6 nitrogen and oxygen atoms in total. The highest BCUT2D eigenvalue weighted by molar-refractivity contribution is 5.57. The molecule has 1 atom stereocenters. The van der Waals surface area contributed by atoms with E-state index in [2.05, 4.69) is 9.98 Å². The second-order valence-corrected chi connectivity index (χ2v) is 4.09. The number of hydrogen-bond acceptors (Lipinski definition) is 6. The van der Waals surface area contributed by atoms with Crippen LogP contribution >= 0.6 is 0 Å². The normalized spacial score (nSPS) is 10.7. The maximum Gasteiger partial charge on any atom is 0.240 e. The van der Waals surface area contributed by atoms with Gasteiger partial charge in [-0.3, -0.25) is 0 Å². The molecule has 1 unspecified atom stereocenters. The molecular formula is C16H12N2O4. The molecule has 0 aliphatic carbocycles. The minimum atomic E-state index is -0.854. The number of nitrogens with zero attached hydrogens (tertiary/aromatic N) is 2. The van der Waals surface area contributed by atoms with E-state index >= 15 is 0 Å². The summed E-state index contributed by atoms with van der Waals surface area (Å²) >= 11 is 0. The Labute approximate surface area is 126 Å². The first-order valence-corrected chi connectivity index (χ1v) is 6.42. The standard InChI is InChI=1S/C16H12N2O4/c19-11-17-14-8-4-5-9-15(14)21-10-16(18-12-20)22-13-6-2-1-3-7-13/h1-9,16H,10H2.